The van der Waals surface area contributed by atoms with E-state index < -0.39 is 0 Å². The summed E-state index contributed by atoms with van der Waals surface area (Å²) >= 11 is 0. The van der Waals surface area contributed by atoms with Gasteiger partial charge in [0.15, 0.2) is 0 Å². The average Bonchev–Trinajstić information content (AvgIpc) is 3.05. The lowest BCUT2D eigenvalue weighted by atomic mass is 9.83. The number of rotatable bonds is 9. The third-order valence-corrected chi connectivity index (χ3v) is 7.86. The van der Waals surface area contributed by atoms with Crippen molar-refractivity contribution in [3.63, 3.8) is 0 Å². The van der Waals surface area contributed by atoms with E-state index >= 15 is 0 Å². The van der Waals surface area contributed by atoms with Gasteiger partial charge in [0.25, 0.3) is 5.56 Å². The van der Waals surface area contributed by atoms with Crippen molar-refractivity contribution in [2.24, 2.45) is 16.6 Å². The van der Waals surface area contributed by atoms with Crippen molar-refractivity contribution in [2.75, 3.05) is 13.1 Å². The number of pyridine rings is 1. The second kappa shape index (κ2) is 11.4. The highest BCUT2D eigenvalue weighted by atomic mass is 16.2. The molecular formula is C32H38N4O2. The Morgan fingerprint density at radius 3 is 2.50 bits per heavy atom. The number of aliphatic imine (C=N–C) groups is 1. The van der Waals surface area contributed by atoms with E-state index in [1.807, 2.05) is 58.1 Å². The van der Waals surface area contributed by atoms with Crippen LogP contribution in [-0.2, 0) is 11.3 Å². The fourth-order valence-corrected chi connectivity index (χ4v) is 5.51. The molecular weight excluding hydrogens is 472 g/mol. The first kappa shape index (κ1) is 26.0. The van der Waals surface area contributed by atoms with Gasteiger partial charge in [0.2, 0.25) is 5.91 Å². The molecule has 1 fully saturated rings. The van der Waals surface area contributed by atoms with Crippen LogP contribution in [0.2, 0.25) is 0 Å². The van der Waals surface area contributed by atoms with E-state index in [4.69, 9.17) is 5.73 Å². The lowest BCUT2D eigenvalue weighted by Crippen LogP contribution is -2.34. The van der Waals surface area contributed by atoms with E-state index in [0.717, 1.165) is 78.0 Å². The van der Waals surface area contributed by atoms with Gasteiger partial charge in [-0.15, -0.1) is 0 Å². The van der Waals surface area contributed by atoms with Gasteiger partial charge in [-0.2, -0.15) is 0 Å². The Bertz CT molecular complexity index is 1460. The number of fused-ring (bicyclic) bond motifs is 2. The number of aromatic nitrogens is 1. The minimum absolute atomic E-state index is 0.0386. The fourth-order valence-electron chi connectivity index (χ4n) is 5.51. The maximum absolute atomic E-state index is 13.3. The molecule has 198 valence electrons. The third-order valence-electron chi connectivity index (χ3n) is 7.86. The van der Waals surface area contributed by atoms with Gasteiger partial charge in [-0.3, -0.25) is 9.59 Å². The number of aryl methyl sites for hydroxylation is 1. The van der Waals surface area contributed by atoms with Crippen molar-refractivity contribution >= 4 is 34.3 Å². The quantitative estimate of drug-likeness (QED) is 0.368. The molecule has 1 amide bonds. The van der Waals surface area contributed by atoms with Crippen LogP contribution < -0.4 is 11.3 Å². The fraction of sp³-hybridized carbons (Fsp3) is 0.406. The molecule has 6 nitrogen and oxygen atoms in total. The molecule has 1 aromatic heterocycles. The summed E-state index contributed by atoms with van der Waals surface area (Å²) in [5, 5.41) is 1.68. The molecule has 0 spiro atoms. The number of amidine groups is 1. The van der Waals surface area contributed by atoms with Gasteiger partial charge in [0.1, 0.15) is 5.84 Å². The Hall–Kier alpha value is -3.67. The number of hydrogen-bond donors (Lipinski definition) is 1. The second-order valence-electron chi connectivity index (χ2n) is 10.7. The Morgan fingerprint density at radius 2 is 1.79 bits per heavy atom. The summed E-state index contributed by atoms with van der Waals surface area (Å²) in [6.45, 7) is 6.43. The van der Waals surface area contributed by atoms with E-state index in [1.54, 1.807) is 0 Å². The van der Waals surface area contributed by atoms with Gasteiger partial charge in [0, 0.05) is 48.8 Å². The Labute approximate surface area is 224 Å². The second-order valence-corrected chi connectivity index (χ2v) is 10.7. The van der Waals surface area contributed by atoms with Gasteiger partial charge in [-0.1, -0.05) is 51.3 Å². The lowest BCUT2D eigenvalue weighted by Gasteiger charge is -2.25. The van der Waals surface area contributed by atoms with Gasteiger partial charge < -0.3 is 15.2 Å². The predicted octanol–water partition coefficient (Wildman–Crippen LogP) is 6.28. The molecule has 5 rings (SSSR count). The summed E-state index contributed by atoms with van der Waals surface area (Å²) < 4.78 is 1.85. The zero-order valence-electron chi connectivity index (χ0n) is 22.6. The molecule has 2 N–H and O–H groups in total. The van der Waals surface area contributed by atoms with Crippen molar-refractivity contribution in [3.8, 4) is 11.1 Å². The molecule has 1 saturated carbocycles. The van der Waals surface area contributed by atoms with E-state index in [9.17, 15) is 9.59 Å². The summed E-state index contributed by atoms with van der Waals surface area (Å²) in [5.74, 6) is 1.26. The predicted molar refractivity (Wildman–Crippen MR) is 157 cm³/mol. The van der Waals surface area contributed by atoms with E-state index in [1.165, 1.54) is 19.3 Å². The zero-order valence-corrected chi connectivity index (χ0v) is 22.6. The molecule has 3 aromatic rings. The third kappa shape index (κ3) is 5.45. The average molecular weight is 511 g/mol. The molecule has 0 bridgehead atoms. The monoisotopic (exact) mass is 510 g/mol. The molecule has 2 aromatic carbocycles. The normalized spacial score (nSPS) is 15.3. The molecule has 2 aliphatic rings. The van der Waals surface area contributed by atoms with Crippen LogP contribution in [0.15, 0.2) is 64.0 Å². The van der Waals surface area contributed by atoms with Crippen LogP contribution in [0.3, 0.4) is 0 Å². The highest BCUT2D eigenvalue weighted by molar-refractivity contribution is 6.05. The van der Waals surface area contributed by atoms with Crippen LogP contribution in [0.5, 0.6) is 0 Å². The van der Waals surface area contributed by atoms with Crippen molar-refractivity contribution in [2.45, 2.75) is 65.3 Å². The smallest absolute Gasteiger partial charge is 0.258 e. The molecule has 6 heteroatoms. The highest BCUT2D eigenvalue weighted by Gasteiger charge is 2.21. The van der Waals surface area contributed by atoms with Crippen molar-refractivity contribution < 1.29 is 4.79 Å². The maximum Gasteiger partial charge on any atom is 0.258 e. The van der Waals surface area contributed by atoms with E-state index in [0.29, 0.717) is 17.8 Å². The number of benzene rings is 2. The molecule has 1 aliphatic heterocycles. The molecule has 0 saturated heterocycles. The summed E-state index contributed by atoms with van der Waals surface area (Å²) in [6.07, 6.45) is 11.1. The largest absolute Gasteiger partial charge is 0.387 e. The first-order valence-electron chi connectivity index (χ1n) is 14.1. The van der Waals surface area contributed by atoms with Gasteiger partial charge in [-0.05, 0) is 72.0 Å². The highest BCUT2D eigenvalue weighted by Crippen LogP contribution is 2.33. The number of carbonyl (C=O) groups is 1. The summed E-state index contributed by atoms with van der Waals surface area (Å²) in [6, 6.07) is 14.1. The summed E-state index contributed by atoms with van der Waals surface area (Å²) in [5.41, 5.74) is 10.7. The molecule has 0 unspecified atom stereocenters. The molecule has 0 radical (unpaired) electrons. The minimum atomic E-state index is 0.0386. The van der Waals surface area contributed by atoms with Gasteiger partial charge in [0.05, 0.1) is 5.69 Å². The number of nitrogens with zero attached hydrogens (tertiary/aromatic N) is 3. The van der Waals surface area contributed by atoms with Crippen LogP contribution in [0.25, 0.3) is 28.0 Å². The lowest BCUT2D eigenvalue weighted by molar-refractivity contribution is -0.127. The standard InChI is InChI=1S/C32H38N4O2/c1-3-14-35(15-4-2)31(37)27-19-26-9-8-24(20-29(26)34-30(33)21-27)23-10-11-28-25(18-23)13-17-36(32(28)38)16-12-22-6-5-7-22/h8-11,13,17-20,22H,3-7,12,14-16,21H2,1-2H3,(H2,33,34). The Balaban J connectivity index is 1.42. The van der Waals surface area contributed by atoms with Crippen LogP contribution in [0.1, 0.15) is 64.4 Å². The topological polar surface area (TPSA) is 80.7 Å². The molecule has 0 atom stereocenters. The Kier molecular flexibility index (Phi) is 7.77. The van der Waals surface area contributed by atoms with Gasteiger partial charge in [-0.25, -0.2) is 4.99 Å². The SMILES string of the molecule is CCCN(CCC)C(=O)C1=Cc2ccc(-c3ccc4c(=O)n(CCC5CCC5)ccc4c3)cc2N=C(N)C1. The minimum Gasteiger partial charge on any atom is -0.387 e. The first-order chi connectivity index (χ1) is 18.5. The maximum atomic E-state index is 13.3. The van der Waals surface area contributed by atoms with Crippen LogP contribution in [-0.4, -0.2) is 34.3 Å². The number of hydrogen-bond acceptors (Lipinski definition) is 4. The van der Waals surface area contributed by atoms with Crippen molar-refractivity contribution in [1.29, 1.82) is 0 Å². The van der Waals surface area contributed by atoms with Crippen molar-refractivity contribution in [1.82, 2.24) is 9.47 Å². The van der Waals surface area contributed by atoms with Crippen LogP contribution >= 0.6 is 0 Å². The van der Waals surface area contributed by atoms with Crippen molar-refractivity contribution in [3.05, 3.63) is 70.2 Å². The van der Waals surface area contributed by atoms with E-state index in [2.05, 4.69) is 24.9 Å². The molecule has 2 heterocycles. The number of nitrogens with two attached hydrogens (primary N) is 1. The van der Waals surface area contributed by atoms with Gasteiger partial charge >= 0.3 is 0 Å². The number of amides is 1. The zero-order chi connectivity index (χ0) is 26.6. The number of carbonyl (C=O) groups excluding carboxylic acids is 1. The molecule has 1 aliphatic carbocycles. The van der Waals surface area contributed by atoms with E-state index in [-0.39, 0.29) is 11.5 Å². The Morgan fingerprint density at radius 1 is 1.05 bits per heavy atom. The molecule has 38 heavy (non-hydrogen) atoms. The summed E-state index contributed by atoms with van der Waals surface area (Å²) in [7, 11) is 0. The summed E-state index contributed by atoms with van der Waals surface area (Å²) in [4.78, 5) is 32.9. The first-order valence-corrected chi connectivity index (χ1v) is 14.1. The van der Waals surface area contributed by atoms with Crippen LogP contribution in [0, 0.1) is 5.92 Å². The van der Waals surface area contributed by atoms with Crippen LogP contribution in [0.4, 0.5) is 5.69 Å².